The molecule has 2 unspecified atom stereocenters. The maximum Gasteiger partial charge on any atom is 0.147 e. The Bertz CT molecular complexity index is 431. The molecule has 1 aliphatic heterocycles. The number of nitrogens with one attached hydrogen (secondary N) is 1. The van der Waals surface area contributed by atoms with E-state index in [2.05, 4.69) is 31.0 Å². The van der Waals surface area contributed by atoms with Gasteiger partial charge in [-0.2, -0.15) is 0 Å². The van der Waals surface area contributed by atoms with Crippen molar-refractivity contribution in [3.05, 3.63) is 0 Å². The number of piperazine rings is 1. The van der Waals surface area contributed by atoms with E-state index in [1.54, 1.807) is 0 Å². The summed E-state index contributed by atoms with van der Waals surface area (Å²) in [5, 5.41) is 3.71. The lowest BCUT2D eigenvalue weighted by Crippen LogP contribution is -2.65. The number of hydrogen-bond acceptors (Lipinski definition) is 4. The zero-order chi connectivity index (χ0) is 15.0. The van der Waals surface area contributed by atoms with Crippen LogP contribution in [0.4, 0.5) is 0 Å². The molecule has 0 radical (unpaired) electrons. The summed E-state index contributed by atoms with van der Waals surface area (Å²) in [6.07, 6.45) is 4.74. The highest BCUT2D eigenvalue weighted by molar-refractivity contribution is 7.90. The van der Waals surface area contributed by atoms with Gasteiger partial charge in [0.05, 0.1) is 5.75 Å². The third-order valence-corrected chi connectivity index (χ3v) is 6.10. The van der Waals surface area contributed by atoms with Crippen LogP contribution in [0.1, 0.15) is 40.0 Å². The molecule has 0 amide bonds. The number of rotatable bonds is 6. The Morgan fingerprint density at radius 2 is 2.00 bits per heavy atom. The Hall–Kier alpha value is -0.130. The summed E-state index contributed by atoms with van der Waals surface area (Å²) in [4.78, 5) is 2.57. The molecule has 2 fully saturated rings. The largest absolute Gasteiger partial charge is 0.311 e. The highest BCUT2D eigenvalue weighted by Crippen LogP contribution is 2.44. The van der Waals surface area contributed by atoms with Crippen LogP contribution in [0, 0.1) is 11.8 Å². The third kappa shape index (κ3) is 3.95. The maximum absolute atomic E-state index is 11.3. The fourth-order valence-corrected chi connectivity index (χ4v) is 4.03. The van der Waals surface area contributed by atoms with Crippen LogP contribution in [0.5, 0.6) is 0 Å². The molecule has 2 rings (SSSR count). The summed E-state index contributed by atoms with van der Waals surface area (Å²) in [5.41, 5.74) is 0.225. The molecule has 20 heavy (non-hydrogen) atoms. The van der Waals surface area contributed by atoms with E-state index in [-0.39, 0.29) is 5.54 Å². The molecule has 0 aromatic carbocycles. The van der Waals surface area contributed by atoms with E-state index in [0.29, 0.717) is 17.7 Å². The topological polar surface area (TPSA) is 49.4 Å². The van der Waals surface area contributed by atoms with Gasteiger partial charge in [-0.1, -0.05) is 13.8 Å². The van der Waals surface area contributed by atoms with Crippen molar-refractivity contribution in [2.75, 3.05) is 31.6 Å². The minimum absolute atomic E-state index is 0.225. The number of hydrogen-bond donors (Lipinski definition) is 1. The van der Waals surface area contributed by atoms with Crippen LogP contribution in [0.25, 0.3) is 0 Å². The van der Waals surface area contributed by atoms with E-state index in [1.807, 2.05) is 0 Å². The van der Waals surface area contributed by atoms with Crippen LogP contribution in [-0.4, -0.2) is 56.5 Å². The summed E-state index contributed by atoms with van der Waals surface area (Å²) in [6.45, 7) is 9.87. The van der Waals surface area contributed by atoms with Gasteiger partial charge < -0.3 is 5.32 Å². The maximum atomic E-state index is 11.3. The highest BCUT2D eigenvalue weighted by atomic mass is 32.2. The average molecular weight is 302 g/mol. The van der Waals surface area contributed by atoms with Crippen LogP contribution in [0.3, 0.4) is 0 Å². The number of nitrogens with zero attached hydrogens (tertiary/aromatic N) is 1. The molecule has 0 aromatic rings. The predicted octanol–water partition coefficient (Wildman–Crippen LogP) is 1.52. The van der Waals surface area contributed by atoms with Crippen LogP contribution in [0.2, 0.25) is 0 Å². The minimum atomic E-state index is -2.84. The van der Waals surface area contributed by atoms with E-state index in [1.165, 1.54) is 19.1 Å². The highest BCUT2D eigenvalue weighted by Gasteiger charge is 2.48. The van der Waals surface area contributed by atoms with Crippen molar-refractivity contribution in [3.63, 3.8) is 0 Å². The van der Waals surface area contributed by atoms with Crippen molar-refractivity contribution in [2.45, 2.75) is 51.6 Å². The Balaban J connectivity index is 1.98. The first kappa shape index (κ1) is 16.2. The second-order valence-electron chi connectivity index (χ2n) is 7.29. The standard InChI is InChI=1S/C15H30N2O2S/c1-12(2)14-10-17(8-5-9-20(4,18)19)15(3,11-16-14)13-6-7-13/h12-14,16H,5-11H2,1-4H3. The Morgan fingerprint density at radius 3 is 2.50 bits per heavy atom. The molecule has 1 saturated heterocycles. The van der Waals surface area contributed by atoms with E-state index >= 15 is 0 Å². The molecule has 1 saturated carbocycles. The van der Waals surface area contributed by atoms with Gasteiger partial charge in [0.1, 0.15) is 9.84 Å². The van der Waals surface area contributed by atoms with Gasteiger partial charge in [-0.3, -0.25) is 4.90 Å². The van der Waals surface area contributed by atoms with Crippen molar-refractivity contribution in [1.82, 2.24) is 10.2 Å². The smallest absolute Gasteiger partial charge is 0.147 e. The van der Waals surface area contributed by atoms with Crippen LogP contribution < -0.4 is 5.32 Å². The molecule has 2 atom stereocenters. The fourth-order valence-electron chi connectivity index (χ4n) is 3.38. The predicted molar refractivity (Wildman–Crippen MR) is 83.7 cm³/mol. The lowest BCUT2D eigenvalue weighted by Gasteiger charge is -2.49. The zero-order valence-corrected chi connectivity index (χ0v) is 14.2. The van der Waals surface area contributed by atoms with E-state index in [9.17, 15) is 8.42 Å². The van der Waals surface area contributed by atoms with Gasteiger partial charge in [0.15, 0.2) is 0 Å². The minimum Gasteiger partial charge on any atom is -0.311 e. The van der Waals surface area contributed by atoms with E-state index in [4.69, 9.17) is 0 Å². The van der Waals surface area contributed by atoms with Gasteiger partial charge in [0.2, 0.25) is 0 Å². The molecule has 4 nitrogen and oxygen atoms in total. The molecule has 5 heteroatoms. The average Bonchev–Trinajstić information content (AvgIpc) is 3.13. The van der Waals surface area contributed by atoms with Crippen molar-refractivity contribution in [3.8, 4) is 0 Å². The molecule has 0 bridgehead atoms. The molecule has 1 aliphatic carbocycles. The summed E-state index contributed by atoms with van der Waals surface area (Å²) in [7, 11) is -2.84. The number of sulfone groups is 1. The van der Waals surface area contributed by atoms with Crippen molar-refractivity contribution < 1.29 is 8.42 Å². The quantitative estimate of drug-likeness (QED) is 0.808. The van der Waals surface area contributed by atoms with Gasteiger partial charge in [-0.25, -0.2) is 8.42 Å². The molecule has 118 valence electrons. The normalized spacial score (nSPS) is 32.8. The van der Waals surface area contributed by atoms with Crippen molar-refractivity contribution in [1.29, 1.82) is 0 Å². The summed E-state index contributed by atoms with van der Waals surface area (Å²) in [5.74, 6) is 1.72. The van der Waals surface area contributed by atoms with Crippen molar-refractivity contribution in [2.24, 2.45) is 11.8 Å². The first-order chi connectivity index (χ1) is 9.22. The zero-order valence-electron chi connectivity index (χ0n) is 13.4. The molecule has 2 aliphatic rings. The summed E-state index contributed by atoms with van der Waals surface area (Å²) < 4.78 is 22.6. The van der Waals surface area contributed by atoms with Crippen LogP contribution >= 0.6 is 0 Å². The van der Waals surface area contributed by atoms with Gasteiger partial charge in [0, 0.05) is 30.9 Å². The lowest BCUT2D eigenvalue weighted by molar-refractivity contribution is 0.0258. The first-order valence-electron chi connectivity index (χ1n) is 7.88. The Morgan fingerprint density at radius 1 is 1.35 bits per heavy atom. The molecular formula is C15H30N2O2S. The lowest BCUT2D eigenvalue weighted by atomic mass is 9.87. The molecule has 1 N–H and O–H groups in total. The van der Waals surface area contributed by atoms with E-state index in [0.717, 1.165) is 32.0 Å². The van der Waals surface area contributed by atoms with Crippen LogP contribution in [-0.2, 0) is 9.84 Å². The van der Waals surface area contributed by atoms with Gasteiger partial charge >= 0.3 is 0 Å². The SMILES string of the molecule is CC(C)C1CN(CCCS(C)(=O)=O)C(C)(C2CC2)CN1. The monoisotopic (exact) mass is 302 g/mol. The van der Waals surface area contributed by atoms with Gasteiger partial charge in [0.25, 0.3) is 0 Å². The molecule has 1 heterocycles. The van der Waals surface area contributed by atoms with Crippen molar-refractivity contribution >= 4 is 9.84 Å². The molecular weight excluding hydrogens is 272 g/mol. The Kier molecular flexibility index (Phi) is 4.82. The second-order valence-corrected chi connectivity index (χ2v) is 9.55. The fraction of sp³-hybridized carbons (Fsp3) is 1.00. The summed E-state index contributed by atoms with van der Waals surface area (Å²) >= 11 is 0. The Labute approximate surface area is 124 Å². The molecule has 0 aromatic heterocycles. The first-order valence-corrected chi connectivity index (χ1v) is 9.94. The molecule has 0 spiro atoms. The van der Waals surface area contributed by atoms with Crippen LogP contribution in [0.15, 0.2) is 0 Å². The second kappa shape index (κ2) is 5.93. The third-order valence-electron chi connectivity index (χ3n) is 5.07. The summed E-state index contributed by atoms with van der Waals surface area (Å²) in [6, 6.07) is 0.528. The van der Waals surface area contributed by atoms with Gasteiger partial charge in [-0.15, -0.1) is 0 Å². The van der Waals surface area contributed by atoms with E-state index < -0.39 is 9.84 Å². The van der Waals surface area contributed by atoms with Gasteiger partial charge in [-0.05, 0) is 44.6 Å².